The van der Waals surface area contributed by atoms with Crippen molar-refractivity contribution >= 4 is 29.0 Å². The molecule has 0 radical (unpaired) electrons. The molecule has 0 saturated heterocycles. The van der Waals surface area contributed by atoms with E-state index in [-0.39, 0.29) is 5.69 Å². The Morgan fingerprint density at radius 3 is 2.59 bits per heavy atom. The second-order valence-electron chi connectivity index (χ2n) is 7.17. The maximum atomic E-state index is 13.5. The molecule has 1 aromatic heterocycles. The molecule has 2 unspecified atom stereocenters. The van der Waals surface area contributed by atoms with Crippen LogP contribution < -0.4 is 14.8 Å². The average molecular weight is 490 g/mol. The number of ether oxygens (including phenoxy) is 2. The van der Waals surface area contributed by atoms with Crippen molar-refractivity contribution in [3.8, 4) is 11.5 Å². The van der Waals surface area contributed by atoms with Crippen molar-refractivity contribution in [1.82, 2.24) is 14.8 Å². The topological polar surface area (TPSA) is 121 Å². The Kier molecular flexibility index (Phi) is 8.05. The molecule has 10 nitrogen and oxygen atoms in total. The highest BCUT2D eigenvalue weighted by molar-refractivity contribution is 8.00. The lowest BCUT2D eigenvalue weighted by Gasteiger charge is -2.18. The second-order valence-corrected chi connectivity index (χ2v) is 8.48. The summed E-state index contributed by atoms with van der Waals surface area (Å²) >= 11 is 1.18. The van der Waals surface area contributed by atoms with E-state index in [1.807, 2.05) is 30.5 Å². The van der Waals surface area contributed by atoms with Crippen molar-refractivity contribution in [2.24, 2.45) is 0 Å². The average Bonchev–Trinajstić information content (AvgIpc) is 3.22. The predicted molar refractivity (Wildman–Crippen MR) is 125 cm³/mol. The summed E-state index contributed by atoms with van der Waals surface area (Å²) in [5.74, 6) is 0.351. The van der Waals surface area contributed by atoms with Crippen molar-refractivity contribution < 1.29 is 23.6 Å². The fraction of sp³-hybridized carbons (Fsp3) is 0.318. The van der Waals surface area contributed by atoms with Gasteiger partial charge in [-0.2, -0.15) is 4.39 Å². The number of rotatable bonds is 10. The minimum Gasteiger partial charge on any atom is -0.493 e. The second kappa shape index (κ2) is 11.0. The number of amides is 1. The van der Waals surface area contributed by atoms with Crippen LogP contribution in [-0.4, -0.2) is 38.0 Å². The lowest BCUT2D eigenvalue weighted by molar-refractivity contribution is -0.387. The molecule has 0 fully saturated rings. The van der Waals surface area contributed by atoms with Gasteiger partial charge in [0.25, 0.3) is 0 Å². The van der Waals surface area contributed by atoms with E-state index >= 15 is 0 Å². The summed E-state index contributed by atoms with van der Waals surface area (Å²) < 4.78 is 26.7. The third-order valence-electron chi connectivity index (χ3n) is 4.86. The van der Waals surface area contributed by atoms with E-state index in [9.17, 15) is 19.3 Å². The normalized spacial score (nSPS) is 12.6. The Bertz CT molecular complexity index is 1190. The number of hydrogen-bond donors (Lipinski definition) is 1. The minimum atomic E-state index is -0.974. The number of thioether (sulfide) groups is 1. The summed E-state index contributed by atoms with van der Waals surface area (Å²) in [5, 5.41) is 21.9. The van der Waals surface area contributed by atoms with Crippen LogP contribution in [0, 0.1) is 15.9 Å². The van der Waals surface area contributed by atoms with E-state index in [4.69, 9.17) is 9.47 Å². The molecule has 1 N–H and O–H groups in total. The zero-order valence-corrected chi connectivity index (χ0v) is 19.8. The van der Waals surface area contributed by atoms with Crippen molar-refractivity contribution in [2.45, 2.75) is 43.8 Å². The number of anilines is 1. The maximum Gasteiger partial charge on any atom is 0.306 e. The van der Waals surface area contributed by atoms with Gasteiger partial charge >= 0.3 is 5.69 Å². The number of carbonyl (C=O) groups is 1. The lowest BCUT2D eigenvalue weighted by Crippen LogP contribution is -2.23. The van der Waals surface area contributed by atoms with Crippen LogP contribution in [0.3, 0.4) is 0 Å². The molecule has 0 aliphatic heterocycles. The first-order valence-electron chi connectivity index (χ1n) is 10.4. The number of para-hydroxylation sites is 2. The van der Waals surface area contributed by atoms with Crippen molar-refractivity contribution in [1.29, 1.82) is 0 Å². The molecule has 3 aromatic rings. The third kappa shape index (κ3) is 5.63. The summed E-state index contributed by atoms with van der Waals surface area (Å²) in [4.78, 5) is 22.7. The van der Waals surface area contributed by atoms with Crippen LogP contribution in [0.15, 0.2) is 47.6 Å². The minimum absolute atomic E-state index is 0.127. The summed E-state index contributed by atoms with van der Waals surface area (Å²) in [7, 11) is 1.56. The van der Waals surface area contributed by atoms with Gasteiger partial charge in [0.05, 0.1) is 17.3 Å². The van der Waals surface area contributed by atoms with Crippen molar-refractivity contribution in [2.75, 3.05) is 12.4 Å². The van der Waals surface area contributed by atoms with Crippen LogP contribution in [0.4, 0.5) is 15.8 Å². The molecule has 0 saturated carbocycles. The number of nitro groups is 1. The standard InChI is InChI=1S/C22H24FN5O5S/c1-5-27-20(13(2)33-19-9-7-6-8-18(19)32-4)25-26-22(27)34-14(3)21(29)24-15-10-11-16(23)17(12-15)28(30)31/h6-14H,5H2,1-4H3,(H,24,29). The van der Waals surface area contributed by atoms with Gasteiger partial charge in [-0.25, -0.2) is 0 Å². The molecule has 2 atom stereocenters. The SMILES string of the molecule is CCn1c(SC(C)C(=O)Nc2ccc(F)c([N+](=O)[O-])c2)nnc1C(C)Oc1ccccc1OC. The zero-order chi connectivity index (χ0) is 24.8. The Hall–Kier alpha value is -3.67. The van der Waals surface area contributed by atoms with Gasteiger partial charge in [0.15, 0.2) is 28.6 Å². The molecule has 12 heteroatoms. The van der Waals surface area contributed by atoms with Crippen LogP contribution in [0.1, 0.15) is 32.7 Å². The van der Waals surface area contributed by atoms with Crippen LogP contribution in [0.25, 0.3) is 0 Å². The van der Waals surface area contributed by atoms with Gasteiger partial charge in [0, 0.05) is 18.3 Å². The largest absolute Gasteiger partial charge is 0.493 e. The summed E-state index contributed by atoms with van der Waals surface area (Å²) in [6.07, 6.45) is -0.443. The number of carbonyl (C=O) groups excluding carboxylic acids is 1. The number of aromatic nitrogens is 3. The van der Waals surface area contributed by atoms with Crippen LogP contribution >= 0.6 is 11.8 Å². The third-order valence-corrected chi connectivity index (χ3v) is 5.94. The van der Waals surface area contributed by atoms with E-state index in [1.165, 1.54) is 17.8 Å². The van der Waals surface area contributed by atoms with Gasteiger partial charge in [0.2, 0.25) is 11.7 Å². The van der Waals surface area contributed by atoms with Crippen molar-refractivity contribution in [3.63, 3.8) is 0 Å². The fourth-order valence-corrected chi connectivity index (χ4v) is 4.05. The molecule has 0 bridgehead atoms. The highest BCUT2D eigenvalue weighted by Crippen LogP contribution is 2.32. The van der Waals surface area contributed by atoms with E-state index in [0.29, 0.717) is 29.0 Å². The number of halogens is 1. The fourth-order valence-electron chi connectivity index (χ4n) is 3.13. The smallest absolute Gasteiger partial charge is 0.306 e. The molecule has 0 aliphatic carbocycles. The molecule has 0 spiro atoms. The van der Waals surface area contributed by atoms with Gasteiger partial charge in [0.1, 0.15) is 0 Å². The van der Waals surface area contributed by atoms with Gasteiger partial charge in [-0.1, -0.05) is 23.9 Å². The summed E-state index contributed by atoms with van der Waals surface area (Å²) in [5.41, 5.74) is -0.584. The lowest BCUT2D eigenvalue weighted by atomic mass is 10.2. The van der Waals surface area contributed by atoms with Gasteiger partial charge < -0.3 is 19.4 Å². The molecule has 180 valence electrons. The van der Waals surface area contributed by atoms with Crippen molar-refractivity contribution in [3.05, 3.63) is 64.2 Å². The molecular weight excluding hydrogens is 465 g/mol. The molecule has 34 heavy (non-hydrogen) atoms. The number of methoxy groups -OCH3 is 1. The first-order valence-corrected chi connectivity index (χ1v) is 11.3. The monoisotopic (exact) mass is 489 g/mol. The predicted octanol–water partition coefficient (Wildman–Crippen LogP) is 4.61. The quantitative estimate of drug-likeness (QED) is 0.249. The van der Waals surface area contributed by atoms with E-state index in [2.05, 4.69) is 15.5 Å². The van der Waals surface area contributed by atoms with Gasteiger partial charge in [-0.15, -0.1) is 10.2 Å². The van der Waals surface area contributed by atoms with Crippen LogP contribution in [0.5, 0.6) is 11.5 Å². The number of nitro benzene ring substituents is 1. The molecule has 1 heterocycles. The first-order chi connectivity index (χ1) is 16.2. The molecule has 0 aliphatic rings. The highest BCUT2D eigenvalue weighted by Gasteiger charge is 2.24. The highest BCUT2D eigenvalue weighted by atomic mass is 32.2. The molecule has 1 amide bonds. The zero-order valence-electron chi connectivity index (χ0n) is 19.0. The summed E-state index contributed by atoms with van der Waals surface area (Å²) in [6.45, 7) is 5.98. The molecular formula is C22H24FN5O5S. The Labute approximate surface area is 199 Å². The maximum absolute atomic E-state index is 13.5. The number of hydrogen-bond acceptors (Lipinski definition) is 8. The Morgan fingerprint density at radius 2 is 1.94 bits per heavy atom. The Balaban J connectivity index is 1.71. The van der Waals surface area contributed by atoms with E-state index in [0.717, 1.165) is 12.1 Å². The van der Waals surface area contributed by atoms with E-state index in [1.54, 1.807) is 26.2 Å². The van der Waals surface area contributed by atoms with E-state index < -0.39 is 33.7 Å². The van der Waals surface area contributed by atoms with Gasteiger partial charge in [-0.05, 0) is 45.0 Å². The van der Waals surface area contributed by atoms with Crippen LogP contribution in [0.2, 0.25) is 0 Å². The van der Waals surface area contributed by atoms with Gasteiger partial charge in [-0.3, -0.25) is 14.9 Å². The summed E-state index contributed by atoms with van der Waals surface area (Å²) in [6, 6.07) is 10.5. The first kappa shape index (κ1) is 25.0. The number of benzene rings is 2. The number of nitrogens with one attached hydrogen (secondary N) is 1. The van der Waals surface area contributed by atoms with Crippen LogP contribution in [-0.2, 0) is 11.3 Å². The Morgan fingerprint density at radius 1 is 1.24 bits per heavy atom. The number of nitrogens with zero attached hydrogens (tertiary/aromatic N) is 4. The molecule has 2 aromatic carbocycles. The molecule has 3 rings (SSSR count).